The van der Waals surface area contributed by atoms with Gasteiger partial charge >= 0.3 is 0 Å². The second-order valence-corrected chi connectivity index (χ2v) is 7.12. The van der Waals surface area contributed by atoms with Crippen LogP contribution in [0.1, 0.15) is 19.8 Å². The van der Waals surface area contributed by atoms with E-state index in [4.69, 9.17) is 0 Å². The van der Waals surface area contributed by atoms with Crippen LogP contribution in [0.4, 0.5) is 17.1 Å². The van der Waals surface area contributed by atoms with E-state index in [-0.39, 0.29) is 17.7 Å². The van der Waals surface area contributed by atoms with Gasteiger partial charge in [-0.05, 0) is 68.3 Å². The number of hydrogen-bond donors (Lipinski definition) is 3. The summed E-state index contributed by atoms with van der Waals surface area (Å²) in [5.74, 6) is 0.150. The van der Waals surface area contributed by atoms with Crippen LogP contribution in [0, 0.1) is 5.92 Å². The minimum absolute atomic E-state index is 0.0861. The number of hydrogen-bond acceptors (Lipinski definition) is 3. The Morgan fingerprint density at radius 2 is 1.44 bits per heavy atom. The normalized spacial score (nSPS) is 14.5. The Morgan fingerprint density at radius 3 is 2.04 bits per heavy atom. The zero-order valence-corrected chi connectivity index (χ0v) is 15.5. The summed E-state index contributed by atoms with van der Waals surface area (Å²) >= 11 is 3.37. The summed E-state index contributed by atoms with van der Waals surface area (Å²) in [4.78, 5) is 24.0. The maximum atomic E-state index is 12.3. The van der Waals surface area contributed by atoms with E-state index in [1.54, 1.807) is 6.92 Å². The van der Waals surface area contributed by atoms with Crippen LogP contribution in [0.2, 0.25) is 0 Å². The van der Waals surface area contributed by atoms with E-state index in [0.717, 1.165) is 34.4 Å². The lowest BCUT2D eigenvalue weighted by Gasteiger charge is -2.16. The molecule has 0 unspecified atom stereocenters. The lowest BCUT2D eigenvalue weighted by molar-refractivity contribution is -0.117. The molecular weight excluding hydrogens is 382 g/mol. The summed E-state index contributed by atoms with van der Waals surface area (Å²) in [6, 6.07) is 14.4. The second kappa shape index (κ2) is 7.70. The molecule has 3 N–H and O–H groups in total. The summed E-state index contributed by atoms with van der Waals surface area (Å²) in [6.07, 6.45) is 1.97. The molecule has 0 spiro atoms. The molecular formula is C19H20BrN3O2. The lowest BCUT2D eigenvalue weighted by Crippen LogP contribution is -2.31. The number of halogens is 1. The van der Waals surface area contributed by atoms with Gasteiger partial charge in [-0.15, -0.1) is 0 Å². The van der Waals surface area contributed by atoms with Crippen LogP contribution in [0.15, 0.2) is 53.0 Å². The highest BCUT2D eigenvalue weighted by molar-refractivity contribution is 9.10. The minimum Gasteiger partial charge on any atom is -0.374 e. The van der Waals surface area contributed by atoms with Crippen LogP contribution in [-0.2, 0) is 9.59 Å². The number of carbonyl (C=O) groups is 2. The van der Waals surface area contributed by atoms with Gasteiger partial charge in [0.15, 0.2) is 0 Å². The predicted octanol–water partition coefficient (Wildman–Crippen LogP) is 4.24. The van der Waals surface area contributed by atoms with Gasteiger partial charge in [-0.2, -0.15) is 0 Å². The Labute approximate surface area is 155 Å². The van der Waals surface area contributed by atoms with Crippen LogP contribution in [0.5, 0.6) is 0 Å². The Balaban J connectivity index is 1.52. The van der Waals surface area contributed by atoms with Crippen molar-refractivity contribution in [1.82, 2.24) is 0 Å². The van der Waals surface area contributed by atoms with E-state index >= 15 is 0 Å². The first-order chi connectivity index (χ1) is 12.0. The molecule has 0 radical (unpaired) electrons. The van der Waals surface area contributed by atoms with Crippen molar-refractivity contribution >= 4 is 44.8 Å². The van der Waals surface area contributed by atoms with Crippen LogP contribution in [-0.4, -0.2) is 17.9 Å². The second-order valence-electron chi connectivity index (χ2n) is 6.20. The molecule has 1 aliphatic carbocycles. The quantitative estimate of drug-likeness (QED) is 0.677. The maximum Gasteiger partial charge on any atom is 0.246 e. The Morgan fingerprint density at radius 1 is 0.920 bits per heavy atom. The molecule has 2 aromatic carbocycles. The van der Waals surface area contributed by atoms with Crippen molar-refractivity contribution in [2.75, 3.05) is 16.0 Å². The van der Waals surface area contributed by atoms with Gasteiger partial charge in [0, 0.05) is 27.5 Å². The topological polar surface area (TPSA) is 70.2 Å². The fourth-order valence-corrected chi connectivity index (χ4v) is 2.60. The van der Waals surface area contributed by atoms with Gasteiger partial charge in [0.05, 0.1) is 0 Å². The van der Waals surface area contributed by atoms with E-state index in [1.165, 1.54) is 0 Å². The molecule has 0 aromatic heterocycles. The van der Waals surface area contributed by atoms with Crippen molar-refractivity contribution in [2.24, 2.45) is 5.92 Å². The molecule has 5 nitrogen and oxygen atoms in total. The highest BCUT2D eigenvalue weighted by Gasteiger charge is 2.29. The van der Waals surface area contributed by atoms with E-state index < -0.39 is 6.04 Å². The monoisotopic (exact) mass is 401 g/mol. The summed E-state index contributed by atoms with van der Waals surface area (Å²) < 4.78 is 0.963. The van der Waals surface area contributed by atoms with E-state index in [1.807, 2.05) is 48.5 Å². The van der Waals surface area contributed by atoms with E-state index in [2.05, 4.69) is 31.9 Å². The van der Waals surface area contributed by atoms with Crippen LogP contribution < -0.4 is 16.0 Å². The van der Waals surface area contributed by atoms with Crippen molar-refractivity contribution in [3.63, 3.8) is 0 Å². The fourth-order valence-electron chi connectivity index (χ4n) is 2.34. The number of rotatable bonds is 6. The molecule has 0 saturated heterocycles. The average molecular weight is 402 g/mol. The summed E-state index contributed by atoms with van der Waals surface area (Å²) in [5, 5.41) is 8.92. The van der Waals surface area contributed by atoms with Crippen molar-refractivity contribution in [3.05, 3.63) is 53.0 Å². The average Bonchev–Trinajstić information content (AvgIpc) is 3.43. The SMILES string of the molecule is C[C@@H](Nc1ccc(NC(=O)C2CC2)cc1)C(=O)Nc1ccc(Br)cc1. The number of benzene rings is 2. The molecule has 6 heteroatoms. The van der Waals surface area contributed by atoms with Crippen molar-refractivity contribution in [1.29, 1.82) is 0 Å². The molecule has 130 valence electrons. The first kappa shape index (κ1) is 17.5. The minimum atomic E-state index is -0.393. The molecule has 3 rings (SSSR count). The van der Waals surface area contributed by atoms with Crippen LogP contribution in [0.3, 0.4) is 0 Å². The standard InChI is InChI=1S/C19H20BrN3O2/c1-12(18(24)22-16-6-4-14(20)5-7-16)21-15-8-10-17(11-9-15)23-19(25)13-2-3-13/h4-13,21H,2-3H2,1H3,(H,22,24)(H,23,25)/t12-/m1/s1. The van der Waals surface area contributed by atoms with Crippen molar-refractivity contribution in [2.45, 2.75) is 25.8 Å². The van der Waals surface area contributed by atoms with Crippen molar-refractivity contribution < 1.29 is 9.59 Å². The summed E-state index contributed by atoms with van der Waals surface area (Å²) in [7, 11) is 0. The molecule has 2 aromatic rings. The summed E-state index contributed by atoms with van der Waals surface area (Å²) in [6.45, 7) is 1.80. The molecule has 1 saturated carbocycles. The van der Waals surface area contributed by atoms with Gasteiger partial charge in [-0.25, -0.2) is 0 Å². The molecule has 25 heavy (non-hydrogen) atoms. The molecule has 0 heterocycles. The van der Waals surface area contributed by atoms with Crippen LogP contribution in [0.25, 0.3) is 0 Å². The number of nitrogens with one attached hydrogen (secondary N) is 3. The van der Waals surface area contributed by atoms with Gasteiger partial charge in [-0.3, -0.25) is 9.59 Å². The molecule has 1 fully saturated rings. The van der Waals surface area contributed by atoms with Gasteiger partial charge in [0.25, 0.3) is 0 Å². The smallest absolute Gasteiger partial charge is 0.246 e. The Bertz CT molecular complexity index is 755. The maximum absolute atomic E-state index is 12.3. The van der Waals surface area contributed by atoms with Crippen LogP contribution >= 0.6 is 15.9 Å². The van der Waals surface area contributed by atoms with E-state index in [9.17, 15) is 9.59 Å². The third-order valence-electron chi connectivity index (χ3n) is 3.99. The first-order valence-electron chi connectivity index (χ1n) is 8.25. The van der Waals surface area contributed by atoms with Gasteiger partial charge < -0.3 is 16.0 Å². The molecule has 2 amide bonds. The van der Waals surface area contributed by atoms with Gasteiger partial charge in [0.2, 0.25) is 11.8 Å². The van der Waals surface area contributed by atoms with E-state index in [0.29, 0.717) is 0 Å². The van der Waals surface area contributed by atoms with Gasteiger partial charge in [0.1, 0.15) is 6.04 Å². The number of amides is 2. The number of anilines is 3. The molecule has 1 atom stereocenters. The van der Waals surface area contributed by atoms with Gasteiger partial charge in [-0.1, -0.05) is 15.9 Å². The zero-order valence-electron chi connectivity index (χ0n) is 13.9. The summed E-state index contributed by atoms with van der Waals surface area (Å²) in [5.41, 5.74) is 2.34. The molecule has 0 aliphatic heterocycles. The third kappa shape index (κ3) is 5.06. The highest BCUT2D eigenvalue weighted by Crippen LogP contribution is 2.30. The molecule has 0 bridgehead atoms. The number of carbonyl (C=O) groups excluding carboxylic acids is 2. The zero-order chi connectivity index (χ0) is 17.8. The lowest BCUT2D eigenvalue weighted by atomic mass is 10.2. The Hall–Kier alpha value is -2.34. The molecule has 1 aliphatic rings. The van der Waals surface area contributed by atoms with Crippen molar-refractivity contribution in [3.8, 4) is 0 Å². The predicted molar refractivity (Wildman–Crippen MR) is 104 cm³/mol. The fraction of sp³-hybridized carbons (Fsp3) is 0.263. The Kier molecular flexibility index (Phi) is 5.38. The third-order valence-corrected chi connectivity index (χ3v) is 4.52. The highest BCUT2D eigenvalue weighted by atomic mass is 79.9. The largest absolute Gasteiger partial charge is 0.374 e. The first-order valence-corrected chi connectivity index (χ1v) is 9.04.